The molecule has 1 amide bonds. The fraction of sp³-hybridized carbons (Fsp3) is 0.308. The van der Waals surface area contributed by atoms with Crippen LogP contribution in [-0.4, -0.2) is 12.5 Å². The minimum Gasteiger partial charge on any atom is -0.399 e. The molecule has 0 aliphatic rings. The molecule has 0 saturated heterocycles. The molecule has 3 nitrogen and oxygen atoms in total. The molecule has 0 radical (unpaired) electrons. The van der Waals surface area contributed by atoms with Crippen molar-refractivity contribution >= 4 is 36.4 Å². The van der Waals surface area contributed by atoms with Crippen molar-refractivity contribution in [2.75, 3.05) is 12.3 Å². The number of rotatable bonds is 6. The van der Waals surface area contributed by atoms with E-state index in [0.29, 0.717) is 13.0 Å². The van der Waals surface area contributed by atoms with Crippen LogP contribution in [0.1, 0.15) is 18.4 Å². The van der Waals surface area contributed by atoms with Crippen LogP contribution in [0.5, 0.6) is 0 Å². The highest BCUT2D eigenvalue weighted by Gasteiger charge is 1.98. The van der Waals surface area contributed by atoms with Crippen LogP contribution in [0.2, 0.25) is 0 Å². The minimum absolute atomic E-state index is 0. The summed E-state index contributed by atoms with van der Waals surface area (Å²) in [4.78, 5) is 11.3. The van der Waals surface area contributed by atoms with Gasteiger partial charge in [0.2, 0.25) is 5.91 Å². The maximum absolute atomic E-state index is 11.3. The number of hydrogen-bond donors (Lipinski definition) is 2. The van der Waals surface area contributed by atoms with Crippen LogP contribution in [0.4, 0.5) is 5.69 Å². The van der Waals surface area contributed by atoms with Gasteiger partial charge in [-0.05, 0) is 30.5 Å². The smallest absolute Gasteiger partial charge is 0.220 e. The number of anilines is 1. The van der Waals surface area contributed by atoms with Crippen LogP contribution in [0.25, 0.3) is 0 Å². The first-order valence-electron chi connectivity index (χ1n) is 5.44. The van der Waals surface area contributed by atoms with Crippen molar-refractivity contribution < 1.29 is 4.79 Å². The highest BCUT2D eigenvalue weighted by Crippen LogP contribution is 2.05. The van der Waals surface area contributed by atoms with E-state index in [1.54, 1.807) is 6.08 Å². The summed E-state index contributed by atoms with van der Waals surface area (Å²) in [5.74, 6) is 0.0790. The Labute approximate surface area is 121 Å². The zero-order valence-corrected chi connectivity index (χ0v) is 11.9. The first-order valence-corrected chi connectivity index (χ1v) is 5.44. The Hall–Kier alpha value is -1.19. The summed E-state index contributed by atoms with van der Waals surface area (Å²) >= 11 is 0. The first-order chi connectivity index (χ1) is 7.72. The molecule has 0 saturated carbocycles. The lowest BCUT2D eigenvalue weighted by Gasteiger charge is -2.04. The van der Waals surface area contributed by atoms with E-state index >= 15 is 0 Å². The van der Waals surface area contributed by atoms with E-state index in [9.17, 15) is 4.79 Å². The molecule has 0 unspecified atom stereocenters. The summed E-state index contributed by atoms with van der Waals surface area (Å²) in [5.41, 5.74) is 7.52. The van der Waals surface area contributed by atoms with Gasteiger partial charge in [0.25, 0.3) is 0 Å². The predicted octanol–water partition coefficient (Wildman–Crippen LogP) is 2.74. The van der Waals surface area contributed by atoms with Crippen molar-refractivity contribution in [3.63, 3.8) is 0 Å². The van der Waals surface area contributed by atoms with E-state index in [2.05, 4.69) is 11.9 Å². The zero-order chi connectivity index (χ0) is 11.8. The molecule has 0 aliphatic carbocycles. The monoisotopic (exact) mass is 290 g/mol. The van der Waals surface area contributed by atoms with Crippen LogP contribution >= 0.6 is 24.8 Å². The number of nitrogens with one attached hydrogen (secondary N) is 1. The second kappa shape index (κ2) is 10.9. The lowest BCUT2D eigenvalue weighted by Crippen LogP contribution is -2.25. The summed E-state index contributed by atoms with van der Waals surface area (Å²) in [5, 5.41) is 2.86. The molecule has 18 heavy (non-hydrogen) atoms. The summed E-state index contributed by atoms with van der Waals surface area (Å²) in [6, 6.07) is 7.69. The molecular weight excluding hydrogens is 271 g/mol. The van der Waals surface area contributed by atoms with Crippen LogP contribution in [0.15, 0.2) is 36.9 Å². The maximum atomic E-state index is 11.3. The lowest BCUT2D eigenvalue weighted by atomic mass is 10.1. The lowest BCUT2D eigenvalue weighted by molar-refractivity contribution is -0.120. The number of nitrogens with two attached hydrogens (primary N) is 1. The van der Waals surface area contributed by atoms with Crippen molar-refractivity contribution in [1.29, 1.82) is 0 Å². The number of nitrogen functional groups attached to an aromatic ring is 1. The van der Waals surface area contributed by atoms with Gasteiger partial charge < -0.3 is 11.1 Å². The molecule has 0 spiro atoms. The molecule has 5 heteroatoms. The normalized spacial score (nSPS) is 8.67. The summed E-state index contributed by atoms with van der Waals surface area (Å²) in [6.45, 7) is 4.24. The molecule has 0 atom stereocenters. The van der Waals surface area contributed by atoms with Gasteiger partial charge in [-0.1, -0.05) is 18.2 Å². The number of hydrogen-bond acceptors (Lipinski definition) is 2. The molecule has 0 aliphatic heterocycles. The Morgan fingerprint density at radius 3 is 2.44 bits per heavy atom. The van der Waals surface area contributed by atoms with Crippen LogP contribution in [-0.2, 0) is 11.2 Å². The largest absolute Gasteiger partial charge is 0.399 e. The Morgan fingerprint density at radius 1 is 1.28 bits per heavy atom. The summed E-state index contributed by atoms with van der Waals surface area (Å²) < 4.78 is 0. The van der Waals surface area contributed by atoms with Crippen molar-refractivity contribution in [2.24, 2.45) is 0 Å². The second-order valence-electron chi connectivity index (χ2n) is 3.67. The number of amides is 1. The summed E-state index contributed by atoms with van der Waals surface area (Å²) in [6.07, 6.45) is 3.83. The van der Waals surface area contributed by atoms with Gasteiger partial charge in [-0.2, -0.15) is 0 Å². The fourth-order valence-electron chi connectivity index (χ4n) is 1.35. The molecule has 0 bridgehead atoms. The maximum Gasteiger partial charge on any atom is 0.220 e. The average molecular weight is 291 g/mol. The Balaban J connectivity index is 0. The van der Waals surface area contributed by atoms with Crippen molar-refractivity contribution in [3.05, 3.63) is 42.5 Å². The molecule has 0 aromatic heterocycles. The van der Waals surface area contributed by atoms with E-state index in [0.717, 1.165) is 18.5 Å². The minimum atomic E-state index is 0. The highest BCUT2D eigenvalue weighted by molar-refractivity contribution is 5.85. The fourth-order valence-corrected chi connectivity index (χ4v) is 1.35. The van der Waals surface area contributed by atoms with Gasteiger partial charge in [0.05, 0.1) is 0 Å². The van der Waals surface area contributed by atoms with E-state index < -0.39 is 0 Å². The van der Waals surface area contributed by atoms with Gasteiger partial charge in [-0.25, -0.2) is 0 Å². The molecular formula is C13H20Cl2N2O. The molecule has 102 valence electrons. The third-order valence-electron chi connectivity index (χ3n) is 2.29. The number of carbonyl (C=O) groups is 1. The summed E-state index contributed by atoms with van der Waals surface area (Å²) in [7, 11) is 0. The second-order valence-corrected chi connectivity index (χ2v) is 3.67. The Morgan fingerprint density at radius 2 is 1.89 bits per heavy atom. The van der Waals surface area contributed by atoms with Gasteiger partial charge in [-0.15, -0.1) is 31.4 Å². The number of allylic oxidation sites excluding steroid dienone is 1. The first kappa shape index (κ1) is 19.2. The zero-order valence-electron chi connectivity index (χ0n) is 10.2. The number of halogens is 2. The van der Waals surface area contributed by atoms with Gasteiger partial charge in [0, 0.05) is 18.7 Å². The Bertz CT molecular complexity index is 353. The SMILES string of the molecule is C=CCCC(=O)NCCc1ccc(N)cc1.Cl.Cl. The van der Waals surface area contributed by atoms with E-state index in [4.69, 9.17) is 5.73 Å². The van der Waals surface area contributed by atoms with Gasteiger partial charge in [0.15, 0.2) is 0 Å². The third-order valence-corrected chi connectivity index (χ3v) is 2.29. The molecule has 1 aromatic rings. The molecule has 3 N–H and O–H groups in total. The van der Waals surface area contributed by atoms with Crippen LogP contribution < -0.4 is 11.1 Å². The quantitative estimate of drug-likeness (QED) is 0.625. The van der Waals surface area contributed by atoms with E-state index in [1.807, 2.05) is 24.3 Å². The van der Waals surface area contributed by atoms with Gasteiger partial charge in [-0.3, -0.25) is 4.79 Å². The van der Waals surface area contributed by atoms with Gasteiger partial charge in [0.1, 0.15) is 0 Å². The van der Waals surface area contributed by atoms with Crippen molar-refractivity contribution in [3.8, 4) is 0 Å². The van der Waals surface area contributed by atoms with Crippen molar-refractivity contribution in [1.82, 2.24) is 5.32 Å². The van der Waals surface area contributed by atoms with E-state index in [1.165, 1.54) is 5.56 Å². The van der Waals surface area contributed by atoms with Crippen molar-refractivity contribution in [2.45, 2.75) is 19.3 Å². The molecule has 1 rings (SSSR count). The molecule has 0 fully saturated rings. The van der Waals surface area contributed by atoms with E-state index in [-0.39, 0.29) is 30.7 Å². The van der Waals surface area contributed by atoms with Crippen LogP contribution in [0, 0.1) is 0 Å². The topological polar surface area (TPSA) is 55.1 Å². The number of carbonyl (C=O) groups excluding carboxylic acids is 1. The van der Waals surface area contributed by atoms with Crippen LogP contribution in [0.3, 0.4) is 0 Å². The average Bonchev–Trinajstić information content (AvgIpc) is 2.29. The van der Waals surface area contributed by atoms with Gasteiger partial charge >= 0.3 is 0 Å². The third kappa shape index (κ3) is 7.98. The molecule has 1 aromatic carbocycles. The Kier molecular flexibility index (Phi) is 11.6. The predicted molar refractivity (Wildman–Crippen MR) is 81.5 cm³/mol. The standard InChI is InChI=1S/C13H18N2O.2ClH/c1-2-3-4-13(16)15-10-9-11-5-7-12(14)8-6-11;;/h2,5-8H,1,3-4,9-10,14H2,(H,15,16);2*1H. The number of benzene rings is 1. The molecule has 0 heterocycles. The highest BCUT2D eigenvalue weighted by atomic mass is 35.5.